The van der Waals surface area contributed by atoms with Crippen molar-refractivity contribution >= 4 is 34.8 Å². The van der Waals surface area contributed by atoms with Gasteiger partial charge in [-0.3, -0.25) is 14.9 Å². The summed E-state index contributed by atoms with van der Waals surface area (Å²) < 4.78 is 11.7. The van der Waals surface area contributed by atoms with Crippen molar-refractivity contribution in [2.45, 2.75) is 38.9 Å². The Morgan fingerprint density at radius 2 is 1.67 bits per heavy atom. The fraction of sp³-hybridized carbons (Fsp3) is 0.233. The molecule has 5 N–H and O–H groups in total. The van der Waals surface area contributed by atoms with Crippen LogP contribution < -0.4 is 16.4 Å². The first-order valence-electron chi connectivity index (χ1n) is 12.6. The summed E-state index contributed by atoms with van der Waals surface area (Å²) in [6.07, 6.45) is 2.00. The van der Waals surface area contributed by atoms with Crippen LogP contribution in [0.3, 0.4) is 0 Å². The summed E-state index contributed by atoms with van der Waals surface area (Å²) in [7, 11) is 0. The van der Waals surface area contributed by atoms with E-state index < -0.39 is 18.3 Å². The number of hydrogen-bond donors (Lipinski definition) is 4. The summed E-state index contributed by atoms with van der Waals surface area (Å²) in [5.74, 6) is -0.317. The lowest BCUT2D eigenvalue weighted by Gasteiger charge is -2.27. The standard InChI is InChI=1S/C30H33N3O6/c1-3-38-27(10-6-7-11-28(36)33-26-9-5-4-8-25(26)31)29(22-14-18-24(35)19-15-22)39-30(37)32-23-16-12-21(13-17-23)20(2)34/h4-5,7-9,11-19,27,29,35H,3,6,10,31H2,1-2H3,(H,32,37)(H,33,36)/b11-7+/t27-,29-/m0/s1. The first-order chi connectivity index (χ1) is 18.8. The molecule has 0 saturated heterocycles. The zero-order chi connectivity index (χ0) is 28.2. The molecule has 3 rings (SSSR count). The molecule has 204 valence electrons. The number of carbonyl (C=O) groups excluding carboxylic acids is 3. The van der Waals surface area contributed by atoms with Gasteiger partial charge >= 0.3 is 6.09 Å². The highest BCUT2D eigenvalue weighted by molar-refractivity contribution is 6.01. The number of ether oxygens (including phenoxy) is 2. The average molecular weight is 532 g/mol. The molecule has 0 spiro atoms. The summed E-state index contributed by atoms with van der Waals surface area (Å²) in [4.78, 5) is 36.6. The van der Waals surface area contributed by atoms with Crippen LogP contribution >= 0.6 is 0 Å². The molecule has 0 unspecified atom stereocenters. The maximum Gasteiger partial charge on any atom is 0.412 e. The Bertz CT molecular complexity index is 1290. The number of carbonyl (C=O) groups is 3. The molecule has 0 aliphatic heterocycles. The molecule has 0 bridgehead atoms. The number of aromatic hydroxyl groups is 1. The summed E-state index contributed by atoms with van der Waals surface area (Å²) >= 11 is 0. The molecule has 0 radical (unpaired) electrons. The van der Waals surface area contributed by atoms with E-state index in [4.69, 9.17) is 15.2 Å². The van der Waals surface area contributed by atoms with Crippen molar-refractivity contribution in [3.63, 3.8) is 0 Å². The van der Waals surface area contributed by atoms with Gasteiger partial charge in [-0.25, -0.2) is 4.79 Å². The van der Waals surface area contributed by atoms with Crippen molar-refractivity contribution < 1.29 is 29.0 Å². The number of nitrogens with two attached hydrogens (primary N) is 1. The van der Waals surface area contributed by atoms with Crippen LogP contribution in [0, 0.1) is 0 Å². The van der Waals surface area contributed by atoms with E-state index in [-0.39, 0.29) is 17.4 Å². The molecule has 39 heavy (non-hydrogen) atoms. The number of benzene rings is 3. The van der Waals surface area contributed by atoms with Gasteiger partial charge in [0, 0.05) is 17.9 Å². The number of hydrogen-bond acceptors (Lipinski definition) is 7. The van der Waals surface area contributed by atoms with Crippen molar-refractivity contribution in [1.82, 2.24) is 0 Å². The number of para-hydroxylation sites is 2. The zero-order valence-corrected chi connectivity index (χ0v) is 21.9. The second kappa shape index (κ2) is 14.3. The quantitative estimate of drug-likeness (QED) is 0.131. The molecule has 9 heteroatoms. The maximum atomic E-state index is 12.8. The minimum absolute atomic E-state index is 0.0770. The number of phenols is 1. The first-order valence-corrected chi connectivity index (χ1v) is 12.6. The molecule has 0 aliphatic carbocycles. The van der Waals surface area contributed by atoms with Gasteiger partial charge in [-0.05, 0) is 86.9 Å². The minimum Gasteiger partial charge on any atom is -0.508 e. The van der Waals surface area contributed by atoms with E-state index in [2.05, 4.69) is 10.6 Å². The second-order valence-corrected chi connectivity index (χ2v) is 8.73. The summed E-state index contributed by atoms with van der Waals surface area (Å²) in [5, 5.41) is 15.1. The average Bonchev–Trinajstić information content (AvgIpc) is 2.91. The third-order valence-electron chi connectivity index (χ3n) is 5.82. The Hall–Kier alpha value is -4.63. The van der Waals surface area contributed by atoms with Gasteiger partial charge in [0.05, 0.1) is 17.5 Å². The van der Waals surface area contributed by atoms with Crippen molar-refractivity contribution in [2.24, 2.45) is 0 Å². The van der Waals surface area contributed by atoms with Gasteiger partial charge in [0.15, 0.2) is 11.9 Å². The van der Waals surface area contributed by atoms with E-state index in [0.717, 1.165) is 0 Å². The summed E-state index contributed by atoms with van der Waals surface area (Å²) in [6, 6.07) is 19.8. The van der Waals surface area contributed by atoms with Gasteiger partial charge in [0.25, 0.3) is 0 Å². The van der Waals surface area contributed by atoms with Crippen LogP contribution in [0.25, 0.3) is 0 Å². The molecule has 0 saturated carbocycles. The monoisotopic (exact) mass is 531 g/mol. The lowest BCUT2D eigenvalue weighted by Crippen LogP contribution is -2.29. The van der Waals surface area contributed by atoms with Crippen LogP contribution in [0.2, 0.25) is 0 Å². The van der Waals surface area contributed by atoms with E-state index in [1.165, 1.54) is 25.1 Å². The predicted octanol–water partition coefficient (Wildman–Crippen LogP) is 5.85. The SMILES string of the molecule is CCO[C@@H](CC/C=C/C(=O)Nc1ccccc1N)[C@@H](OC(=O)Nc1ccc(C(C)=O)cc1)c1ccc(O)cc1. The first kappa shape index (κ1) is 28.9. The Balaban J connectivity index is 1.68. The highest BCUT2D eigenvalue weighted by Gasteiger charge is 2.27. The van der Waals surface area contributed by atoms with Crippen molar-refractivity contribution in [1.29, 1.82) is 0 Å². The highest BCUT2D eigenvalue weighted by Crippen LogP contribution is 2.29. The van der Waals surface area contributed by atoms with Crippen molar-refractivity contribution in [3.05, 3.63) is 96.1 Å². The Morgan fingerprint density at radius 3 is 2.31 bits per heavy atom. The third kappa shape index (κ3) is 9.01. The molecule has 0 fully saturated rings. The normalized spacial score (nSPS) is 12.5. The topological polar surface area (TPSA) is 140 Å². The van der Waals surface area contributed by atoms with Crippen LogP contribution in [-0.2, 0) is 14.3 Å². The van der Waals surface area contributed by atoms with Gasteiger partial charge in [-0.2, -0.15) is 0 Å². The Morgan fingerprint density at radius 1 is 0.974 bits per heavy atom. The molecule has 0 aliphatic rings. The molecule has 9 nitrogen and oxygen atoms in total. The number of rotatable bonds is 12. The number of ketones is 1. The highest BCUT2D eigenvalue weighted by atomic mass is 16.6. The second-order valence-electron chi connectivity index (χ2n) is 8.73. The Labute approximate surface area is 227 Å². The van der Waals surface area contributed by atoms with E-state index in [1.54, 1.807) is 66.7 Å². The largest absolute Gasteiger partial charge is 0.508 e. The number of nitrogens with one attached hydrogen (secondary N) is 2. The van der Waals surface area contributed by atoms with E-state index in [1.807, 2.05) is 6.92 Å². The van der Waals surface area contributed by atoms with Gasteiger partial charge < -0.3 is 25.6 Å². The molecule has 3 aromatic carbocycles. The predicted molar refractivity (Wildman–Crippen MR) is 151 cm³/mol. The molecular weight excluding hydrogens is 498 g/mol. The smallest absolute Gasteiger partial charge is 0.412 e. The lowest BCUT2D eigenvalue weighted by molar-refractivity contribution is -0.111. The van der Waals surface area contributed by atoms with E-state index in [0.29, 0.717) is 47.6 Å². The molecule has 0 heterocycles. The number of allylic oxidation sites excluding steroid dienone is 1. The number of anilines is 3. The fourth-order valence-corrected chi connectivity index (χ4v) is 3.85. The van der Waals surface area contributed by atoms with E-state index >= 15 is 0 Å². The summed E-state index contributed by atoms with van der Waals surface area (Å²) in [5.41, 5.74) is 8.50. The van der Waals surface area contributed by atoms with Crippen molar-refractivity contribution in [2.75, 3.05) is 23.0 Å². The van der Waals surface area contributed by atoms with Crippen LogP contribution in [0.4, 0.5) is 21.9 Å². The summed E-state index contributed by atoms with van der Waals surface area (Å²) in [6.45, 7) is 3.67. The van der Waals surface area contributed by atoms with Crippen LogP contribution in [0.5, 0.6) is 5.75 Å². The van der Waals surface area contributed by atoms with Crippen molar-refractivity contribution in [3.8, 4) is 5.75 Å². The number of phenolic OH excluding ortho intramolecular Hbond substituents is 1. The number of nitrogen functional groups attached to an aromatic ring is 1. The van der Waals surface area contributed by atoms with E-state index in [9.17, 15) is 19.5 Å². The van der Waals surface area contributed by atoms with Crippen LogP contribution in [0.15, 0.2) is 84.9 Å². The minimum atomic E-state index is -0.798. The van der Waals surface area contributed by atoms with Gasteiger partial charge in [-0.15, -0.1) is 0 Å². The fourth-order valence-electron chi connectivity index (χ4n) is 3.85. The molecule has 2 amide bonds. The third-order valence-corrected chi connectivity index (χ3v) is 5.82. The van der Waals surface area contributed by atoms with Gasteiger partial charge in [0.1, 0.15) is 5.75 Å². The zero-order valence-electron chi connectivity index (χ0n) is 21.9. The molecular formula is C30H33N3O6. The van der Waals surface area contributed by atoms with Crippen LogP contribution in [0.1, 0.15) is 48.7 Å². The molecule has 0 aromatic heterocycles. The van der Waals surface area contributed by atoms with Gasteiger partial charge in [-0.1, -0.05) is 30.3 Å². The maximum absolute atomic E-state index is 12.8. The number of amides is 2. The van der Waals surface area contributed by atoms with Gasteiger partial charge in [0.2, 0.25) is 5.91 Å². The lowest BCUT2D eigenvalue weighted by atomic mass is 10.00. The number of Topliss-reactive ketones (excluding diaryl/α,β-unsaturated/α-hetero) is 1. The molecule has 3 aromatic rings. The Kier molecular flexibility index (Phi) is 10.6. The molecule has 2 atom stereocenters. The van der Waals surface area contributed by atoms with Crippen LogP contribution in [-0.4, -0.2) is 35.6 Å².